The van der Waals surface area contributed by atoms with Crippen LogP contribution >= 0.6 is 11.6 Å². The number of hydrogen-bond donors (Lipinski definition) is 1. The quantitative estimate of drug-likeness (QED) is 0.818. The molecule has 0 saturated carbocycles. The van der Waals surface area contributed by atoms with Crippen LogP contribution in [0.2, 0.25) is 5.02 Å². The van der Waals surface area contributed by atoms with Crippen LogP contribution in [0.3, 0.4) is 0 Å². The molecule has 1 amide bonds. The first kappa shape index (κ1) is 16.7. The third kappa shape index (κ3) is 5.76. The molecule has 3 nitrogen and oxygen atoms in total. The smallest absolute Gasteiger partial charge is 0.243 e. The maximum absolute atomic E-state index is 11.7. The molecule has 0 aliphatic carbocycles. The Bertz CT molecular complexity index is 464. The van der Waals surface area contributed by atoms with Gasteiger partial charge in [-0.05, 0) is 31.8 Å². The van der Waals surface area contributed by atoms with E-state index in [9.17, 15) is 4.79 Å². The molecule has 0 spiro atoms. The molecule has 0 heterocycles. The van der Waals surface area contributed by atoms with Gasteiger partial charge >= 0.3 is 0 Å². The monoisotopic (exact) mass is 294 g/mol. The average molecular weight is 295 g/mol. The van der Waals surface area contributed by atoms with Crippen molar-refractivity contribution in [3.63, 3.8) is 0 Å². The van der Waals surface area contributed by atoms with Gasteiger partial charge in [0.2, 0.25) is 5.91 Å². The molecule has 0 atom stereocenters. The van der Waals surface area contributed by atoms with Crippen LogP contribution in [0.1, 0.15) is 19.4 Å². The van der Waals surface area contributed by atoms with Crippen LogP contribution < -0.4 is 5.32 Å². The van der Waals surface area contributed by atoms with E-state index in [2.05, 4.69) is 19.2 Å². The second-order valence-electron chi connectivity index (χ2n) is 5.77. The summed E-state index contributed by atoms with van der Waals surface area (Å²) in [6.45, 7) is 5.54. The van der Waals surface area contributed by atoms with Crippen LogP contribution in [-0.4, -0.2) is 38.0 Å². The van der Waals surface area contributed by atoms with Crippen molar-refractivity contribution < 1.29 is 4.79 Å². The van der Waals surface area contributed by atoms with Crippen molar-refractivity contribution in [2.24, 2.45) is 0 Å². The highest BCUT2D eigenvalue weighted by atomic mass is 35.5. The summed E-state index contributed by atoms with van der Waals surface area (Å²) in [5.41, 5.74) is 1.02. The summed E-state index contributed by atoms with van der Waals surface area (Å²) in [7, 11) is 3.93. The lowest BCUT2D eigenvalue weighted by Crippen LogP contribution is -2.35. The number of carbonyl (C=O) groups is 1. The predicted octanol–water partition coefficient (Wildman–Crippen LogP) is 2.85. The van der Waals surface area contributed by atoms with Crippen LogP contribution in [-0.2, 0) is 10.2 Å². The molecule has 0 radical (unpaired) electrons. The van der Waals surface area contributed by atoms with Crippen molar-refractivity contribution in [2.75, 3.05) is 27.2 Å². The van der Waals surface area contributed by atoms with Crippen LogP contribution in [0, 0.1) is 0 Å². The number of amides is 1. The molecule has 110 valence electrons. The topological polar surface area (TPSA) is 32.3 Å². The first-order valence-electron chi connectivity index (χ1n) is 6.66. The van der Waals surface area contributed by atoms with Crippen LogP contribution in [0.4, 0.5) is 0 Å². The molecule has 0 unspecified atom stereocenters. The van der Waals surface area contributed by atoms with Crippen molar-refractivity contribution in [1.82, 2.24) is 10.2 Å². The minimum absolute atomic E-state index is 0.0612. The van der Waals surface area contributed by atoms with Gasteiger partial charge in [-0.3, -0.25) is 4.79 Å². The van der Waals surface area contributed by atoms with Crippen LogP contribution in [0.5, 0.6) is 0 Å². The highest BCUT2D eigenvalue weighted by Gasteiger charge is 2.20. The van der Waals surface area contributed by atoms with Crippen molar-refractivity contribution in [3.8, 4) is 0 Å². The molecular formula is C16H23ClN2O. The Labute approximate surface area is 126 Å². The fraction of sp³-hybridized carbons (Fsp3) is 0.438. The number of likely N-dealkylation sites (N-methyl/N-ethyl adjacent to an activating group) is 1. The lowest BCUT2D eigenvalue weighted by molar-refractivity contribution is -0.116. The molecule has 0 aromatic heterocycles. The molecule has 0 saturated heterocycles. The van der Waals surface area contributed by atoms with Crippen molar-refractivity contribution in [2.45, 2.75) is 19.3 Å². The largest absolute Gasteiger partial charge is 0.352 e. The van der Waals surface area contributed by atoms with Crippen molar-refractivity contribution in [3.05, 3.63) is 47.0 Å². The molecule has 1 aromatic carbocycles. The molecule has 1 N–H and O–H groups in total. The van der Waals surface area contributed by atoms with Gasteiger partial charge in [0, 0.05) is 29.6 Å². The van der Waals surface area contributed by atoms with E-state index in [1.54, 1.807) is 6.08 Å². The molecule has 20 heavy (non-hydrogen) atoms. The van der Waals surface area contributed by atoms with Gasteiger partial charge in [0.05, 0.1) is 0 Å². The van der Waals surface area contributed by atoms with E-state index in [4.69, 9.17) is 11.6 Å². The van der Waals surface area contributed by atoms with Gasteiger partial charge < -0.3 is 10.2 Å². The third-order valence-electron chi connectivity index (χ3n) is 3.07. The van der Waals surface area contributed by atoms with E-state index in [-0.39, 0.29) is 11.3 Å². The van der Waals surface area contributed by atoms with E-state index in [0.717, 1.165) is 17.1 Å². The molecule has 0 aliphatic heterocycles. The summed E-state index contributed by atoms with van der Waals surface area (Å²) in [4.78, 5) is 13.7. The van der Waals surface area contributed by atoms with E-state index in [1.807, 2.05) is 49.3 Å². The molecule has 1 aromatic rings. The highest BCUT2D eigenvalue weighted by Crippen LogP contribution is 2.23. The maximum Gasteiger partial charge on any atom is 0.243 e. The minimum Gasteiger partial charge on any atom is -0.352 e. The zero-order chi connectivity index (χ0) is 15.2. The summed E-state index contributed by atoms with van der Waals surface area (Å²) in [6.07, 6.45) is 3.43. The first-order chi connectivity index (χ1) is 9.31. The minimum atomic E-state index is -0.129. The first-order valence-corrected chi connectivity index (χ1v) is 7.04. The third-order valence-corrected chi connectivity index (χ3v) is 3.32. The SMILES string of the molecule is CN(C)C/C=C/C(=O)NCC(C)(C)c1ccc(Cl)cc1. The Kier molecular flexibility index (Phi) is 6.24. The number of hydrogen-bond acceptors (Lipinski definition) is 2. The number of carbonyl (C=O) groups excluding carboxylic acids is 1. The van der Waals surface area contributed by atoms with Gasteiger partial charge in [-0.25, -0.2) is 0 Å². The molecule has 0 bridgehead atoms. The number of halogens is 1. The second kappa shape index (κ2) is 7.46. The Balaban J connectivity index is 2.52. The second-order valence-corrected chi connectivity index (χ2v) is 6.21. The fourth-order valence-corrected chi connectivity index (χ4v) is 1.87. The standard InChI is InChI=1S/C16H23ClN2O/c1-16(2,13-7-9-14(17)10-8-13)12-18-15(20)6-5-11-19(3)4/h5-10H,11-12H2,1-4H3,(H,18,20)/b6-5+. The molecule has 0 aliphatic rings. The highest BCUT2D eigenvalue weighted by molar-refractivity contribution is 6.30. The van der Waals surface area contributed by atoms with Gasteiger partial charge in [-0.1, -0.05) is 43.7 Å². The van der Waals surface area contributed by atoms with Gasteiger partial charge in [0.15, 0.2) is 0 Å². The average Bonchev–Trinajstić information content (AvgIpc) is 2.36. The molecule has 0 fully saturated rings. The Morgan fingerprint density at radius 3 is 2.45 bits per heavy atom. The number of nitrogens with one attached hydrogen (secondary N) is 1. The lowest BCUT2D eigenvalue weighted by Gasteiger charge is -2.25. The number of benzene rings is 1. The molecule has 4 heteroatoms. The van der Waals surface area contributed by atoms with Gasteiger partial charge in [0.1, 0.15) is 0 Å². The zero-order valence-corrected chi connectivity index (χ0v) is 13.4. The normalized spacial score (nSPS) is 12.1. The Hall–Kier alpha value is -1.32. The summed E-state index contributed by atoms with van der Waals surface area (Å²) in [5, 5.41) is 3.65. The van der Waals surface area contributed by atoms with Gasteiger partial charge in [-0.15, -0.1) is 0 Å². The van der Waals surface area contributed by atoms with Crippen molar-refractivity contribution in [1.29, 1.82) is 0 Å². The number of nitrogens with zero attached hydrogens (tertiary/aromatic N) is 1. The maximum atomic E-state index is 11.7. The fourth-order valence-electron chi connectivity index (χ4n) is 1.74. The van der Waals surface area contributed by atoms with Crippen LogP contribution in [0.25, 0.3) is 0 Å². The van der Waals surface area contributed by atoms with Crippen molar-refractivity contribution >= 4 is 17.5 Å². The summed E-state index contributed by atoms with van der Waals surface area (Å²) in [5.74, 6) is -0.0612. The van der Waals surface area contributed by atoms with E-state index < -0.39 is 0 Å². The summed E-state index contributed by atoms with van der Waals surface area (Å²) < 4.78 is 0. The van der Waals surface area contributed by atoms with Gasteiger partial charge in [0.25, 0.3) is 0 Å². The summed E-state index contributed by atoms with van der Waals surface area (Å²) >= 11 is 5.89. The lowest BCUT2D eigenvalue weighted by atomic mass is 9.84. The zero-order valence-electron chi connectivity index (χ0n) is 12.6. The van der Waals surface area contributed by atoms with Crippen LogP contribution in [0.15, 0.2) is 36.4 Å². The summed E-state index contributed by atoms with van der Waals surface area (Å²) in [6, 6.07) is 7.74. The Morgan fingerprint density at radius 1 is 1.30 bits per heavy atom. The molecule has 1 rings (SSSR count). The Morgan fingerprint density at radius 2 is 1.90 bits per heavy atom. The number of rotatable bonds is 6. The predicted molar refractivity (Wildman–Crippen MR) is 85.2 cm³/mol. The van der Waals surface area contributed by atoms with E-state index in [1.165, 1.54) is 0 Å². The van der Waals surface area contributed by atoms with E-state index in [0.29, 0.717) is 6.54 Å². The molecular weight excluding hydrogens is 272 g/mol. The van der Waals surface area contributed by atoms with Gasteiger partial charge in [-0.2, -0.15) is 0 Å². The van der Waals surface area contributed by atoms with E-state index >= 15 is 0 Å².